The van der Waals surface area contributed by atoms with Crippen LogP contribution in [0.1, 0.15) is 17.7 Å². The second-order valence-electron chi connectivity index (χ2n) is 5.40. The van der Waals surface area contributed by atoms with E-state index in [0.717, 1.165) is 38.1 Å². The summed E-state index contributed by atoms with van der Waals surface area (Å²) in [5.41, 5.74) is 3.62. The summed E-state index contributed by atoms with van der Waals surface area (Å²) in [5.74, 6) is 0.274. The summed E-state index contributed by atoms with van der Waals surface area (Å²) in [5, 5.41) is 4.52. The summed E-state index contributed by atoms with van der Waals surface area (Å²) >= 11 is 0. The molecule has 0 unspecified atom stereocenters. The normalized spacial score (nSPS) is 15.8. The molecule has 2 aromatic rings. The molecule has 2 heterocycles. The second-order valence-corrected chi connectivity index (χ2v) is 5.40. The average molecular weight is 271 g/mol. The molecule has 1 aliphatic rings. The van der Waals surface area contributed by atoms with E-state index < -0.39 is 0 Å². The molecule has 4 heteroatoms. The van der Waals surface area contributed by atoms with Gasteiger partial charge in [0, 0.05) is 49.2 Å². The van der Waals surface area contributed by atoms with E-state index in [1.54, 1.807) is 0 Å². The topological polar surface area (TPSA) is 48.1 Å². The van der Waals surface area contributed by atoms with Gasteiger partial charge in [0.2, 0.25) is 5.91 Å². The molecule has 0 bridgehead atoms. The second kappa shape index (κ2) is 5.67. The summed E-state index contributed by atoms with van der Waals surface area (Å²) in [6.45, 7) is 5.59. The van der Waals surface area contributed by atoms with Crippen LogP contribution in [0.15, 0.2) is 24.3 Å². The van der Waals surface area contributed by atoms with Gasteiger partial charge in [-0.25, -0.2) is 0 Å². The van der Waals surface area contributed by atoms with Crippen molar-refractivity contribution in [3.05, 3.63) is 35.5 Å². The maximum Gasteiger partial charge on any atom is 0.222 e. The van der Waals surface area contributed by atoms with Crippen LogP contribution in [0.25, 0.3) is 10.9 Å². The van der Waals surface area contributed by atoms with Gasteiger partial charge >= 0.3 is 0 Å². The quantitative estimate of drug-likeness (QED) is 0.895. The van der Waals surface area contributed by atoms with E-state index >= 15 is 0 Å². The van der Waals surface area contributed by atoms with Crippen LogP contribution in [0.4, 0.5) is 0 Å². The molecule has 2 N–H and O–H groups in total. The number of hydrogen-bond donors (Lipinski definition) is 2. The van der Waals surface area contributed by atoms with Crippen molar-refractivity contribution in [1.29, 1.82) is 0 Å². The van der Waals surface area contributed by atoms with Gasteiger partial charge in [0.15, 0.2) is 0 Å². The molecule has 0 saturated carbocycles. The van der Waals surface area contributed by atoms with Crippen LogP contribution in [0.2, 0.25) is 0 Å². The van der Waals surface area contributed by atoms with Crippen molar-refractivity contribution in [2.24, 2.45) is 0 Å². The van der Waals surface area contributed by atoms with Crippen LogP contribution in [0.5, 0.6) is 0 Å². The van der Waals surface area contributed by atoms with Crippen LogP contribution in [-0.2, 0) is 11.2 Å². The molecule has 1 amide bonds. The standard InChI is InChI=1S/C16H21N3O/c1-12-13(14-4-2-3-5-15(14)18-12)6-7-16(20)19-10-8-17-9-11-19/h2-5,17-18H,6-11H2,1H3. The highest BCUT2D eigenvalue weighted by Gasteiger charge is 2.17. The monoisotopic (exact) mass is 271 g/mol. The first-order valence-electron chi connectivity index (χ1n) is 7.30. The number of nitrogens with zero attached hydrogens (tertiary/aromatic N) is 1. The molecule has 1 aliphatic heterocycles. The summed E-state index contributed by atoms with van der Waals surface area (Å²) in [7, 11) is 0. The third-order valence-corrected chi connectivity index (χ3v) is 4.09. The number of rotatable bonds is 3. The third-order valence-electron chi connectivity index (χ3n) is 4.09. The van der Waals surface area contributed by atoms with Crippen molar-refractivity contribution in [2.75, 3.05) is 26.2 Å². The smallest absolute Gasteiger partial charge is 0.222 e. The van der Waals surface area contributed by atoms with Gasteiger partial charge in [0.1, 0.15) is 0 Å². The molecule has 20 heavy (non-hydrogen) atoms. The molecule has 0 spiro atoms. The van der Waals surface area contributed by atoms with E-state index in [0.29, 0.717) is 6.42 Å². The molecule has 3 rings (SSSR count). The maximum atomic E-state index is 12.2. The summed E-state index contributed by atoms with van der Waals surface area (Å²) in [4.78, 5) is 17.6. The number of H-pyrrole nitrogens is 1. The van der Waals surface area contributed by atoms with Gasteiger partial charge < -0.3 is 15.2 Å². The Morgan fingerprint density at radius 3 is 2.80 bits per heavy atom. The summed E-state index contributed by atoms with van der Waals surface area (Å²) in [6, 6.07) is 8.30. The Bertz CT molecular complexity index is 611. The van der Waals surface area contributed by atoms with Gasteiger partial charge in [0.05, 0.1) is 0 Å². The number of amides is 1. The molecule has 1 saturated heterocycles. The van der Waals surface area contributed by atoms with Gasteiger partial charge in [-0.3, -0.25) is 4.79 Å². The Labute approximate surface area is 119 Å². The third kappa shape index (κ3) is 2.56. The van der Waals surface area contributed by atoms with Gasteiger partial charge in [-0.15, -0.1) is 0 Å². The van der Waals surface area contributed by atoms with Gasteiger partial charge in [-0.05, 0) is 25.0 Å². The number of aryl methyl sites for hydroxylation is 2. The number of benzene rings is 1. The predicted octanol–water partition coefficient (Wildman–Crippen LogP) is 1.84. The number of nitrogens with one attached hydrogen (secondary N) is 2. The lowest BCUT2D eigenvalue weighted by Crippen LogP contribution is -2.46. The van der Waals surface area contributed by atoms with Crippen LogP contribution in [-0.4, -0.2) is 42.0 Å². The van der Waals surface area contributed by atoms with Crippen molar-refractivity contribution in [1.82, 2.24) is 15.2 Å². The average Bonchev–Trinajstić information content (AvgIpc) is 2.81. The van der Waals surface area contributed by atoms with Crippen molar-refractivity contribution < 1.29 is 4.79 Å². The lowest BCUT2D eigenvalue weighted by molar-refractivity contribution is -0.131. The largest absolute Gasteiger partial charge is 0.358 e. The minimum atomic E-state index is 0.274. The fourth-order valence-corrected chi connectivity index (χ4v) is 2.96. The molecule has 0 aliphatic carbocycles. The minimum absolute atomic E-state index is 0.274. The Morgan fingerprint density at radius 2 is 2.00 bits per heavy atom. The van der Waals surface area contributed by atoms with E-state index in [9.17, 15) is 4.79 Å². The molecule has 1 aromatic heterocycles. The molecule has 0 atom stereocenters. The van der Waals surface area contributed by atoms with Crippen LogP contribution >= 0.6 is 0 Å². The zero-order valence-electron chi connectivity index (χ0n) is 11.9. The van der Waals surface area contributed by atoms with E-state index in [4.69, 9.17) is 0 Å². The number of carbonyl (C=O) groups is 1. The highest BCUT2D eigenvalue weighted by atomic mass is 16.2. The minimum Gasteiger partial charge on any atom is -0.358 e. The zero-order valence-corrected chi connectivity index (χ0v) is 11.9. The van der Waals surface area contributed by atoms with Crippen molar-refractivity contribution in [2.45, 2.75) is 19.8 Å². The first-order valence-corrected chi connectivity index (χ1v) is 7.30. The van der Waals surface area contributed by atoms with Gasteiger partial charge in [0.25, 0.3) is 0 Å². The predicted molar refractivity (Wildman–Crippen MR) is 80.8 cm³/mol. The summed E-state index contributed by atoms with van der Waals surface area (Å²) < 4.78 is 0. The highest BCUT2D eigenvalue weighted by molar-refractivity contribution is 5.85. The van der Waals surface area contributed by atoms with Crippen LogP contribution in [0, 0.1) is 6.92 Å². The molecular weight excluding hydrogens is 250 g/mol. The number of hydrogen-bond acceptors (Lipinski definition) is 2. The van der Waals surface area contributed by atoms with Crippen LogP contribution in [0.3, 0.4) is 0 Å². The molecule has 1 aromatic carbocycles. The van der Waals surface area contributed by atoms with E-state index in [1.807, 2.05) is 11.0 Å². The lowest BCUT2D eigenvalue weighted by Gasteiger charge is -2.27. The first kappa shape index (κ1) is 13.2. The van der Waals surface area contributed by atoms with Gasteiger partial charge in [-0.1, -0.05) is 18.2 Å². The number of aromatic amines is 1. The fraction of sp³-hybridized carbons (Fsp3) is 0.438. The Hall–Kier alpha value is -1.81. The Kier molecular flexibility index (Phi) is 3.74. The van der Waals surface area contributed by atoms with Crippen molar-refractivity contribution in [3.8, 4) is 0 Å². The maximum absolute atomic E-state index is 12.2. The van der Waals surface area contributed by atoms with Crippen molar-refractivity contribution in [3.63, 3.8) is 0 Å². The fourth-order valence-electron chi connectivity index (χ4n) is 2.96. The highest BCUT2D eigenvalue weighted by Crippen LogP contribution is 2.23. The Morgan fingerprint density at radius 1 is 1.25 bits per heavy atom. The van der Waals surface area contributed by atoms with Crippen molar-refractivity contribution >= 4 is 16.8 Å². The van der Waals surface area contributed by atoms with E-state index in [2.05, 4.69) is 35.4 Å². The first-order chi connectivity index (χ1) is 9.75. The zero-order chi connectivity index (χ0) is 13.9. The summed E-state index contributed by atoms with van der Waals surface area (Å²) in [6.07, 6.45) is 1.42. The van der Waals surface area contributed by atoms with Crippen LogP contribution < -0.4 is 5.32 Å². The number of para-hydroxylation sites is 1. The SMILES string of the molecule is Cc1[nH]c2ccccc2c1CCC(=O)N1CCNCC1. The number of piperazine rings is 1. The molecule has 106 valence electrons. The lowest BCUT2D eigenvalue weighted by atomic mass is 10.1. The van der Waals surface area contributed by atoms with Gasteiger partial charge in [-0.2, -0.15) is 0 Å². The van der Waals surface area contributed by atoms with E-state index in [1.165, 1.54) is 16.6 Å². The van der Waals surface area contributed by atoms with E-state index in [-0.39, 0.29) is 5.91 Å². The molecule has 0 radical (unpaired) electrons. The number of carbonyl (C=O) groups excluding carboxylic acids is 1. The number of fused-ring (bicyclic) bond motifs is 1. The Balaban J connectivity index is 1.70. The molecule has 4 nitrogen and oxygen atoms in total. The molecular formula is C16H21N3O. The molecule has 1 fully saturated rings. The number of aromatic nitrogens is 1.